The molecule has 1 N–H and O–H groups in total. The van der Waals surface area contributed by atoms with Crippen LogP contribution in [-0.2, 0) is 11.2 Å². The van der Waals surface area contributed by atoms with E-state index in [0.717, 1.165) is 5.56 Å². The number of pyridine rings is 1. The van der Waals surface area contributed by atoms with Crippen molar-refractivity contribution >= 4 is 11.6 Å². The molecule has 0 aromatic carbocycles. The Kier molecular flexibility index (Phi) is 2.32. The van der Waals surface area contributed by atoms with Crippen molar-refractivity contribution in [2.24, 2.45) is 5.92 Å². The highest BCUT2D eigenvalue weighted by atomic mass is 16.4. The fourth-order valence-corrected chi connectivity index (χ4v) is 1.35. The molecule has 2 rings (SSSR count). The van der Waals surface area contributed by atoms with Gasteiger partial charge in [0.2, 0.25) is 0 Å². The smallest absolute Gasteiger partial charge is 0.306 e. The van der Waals surface area contributed by atoms with Gasteiger partial charge in [0, 0.05) is 6.20 Å². The Morgan fingerprint density at radius 1 is 1.67 bits per heavy atom. The summed E-state index contributed by atoms with van der Waals surface area (Å²) in [5.41, 5.74) is 1.55. The Morgan fingerprint density at radius 3 is 3.20 bits per heavy atom. The summed E-state index contributed by atoms with van der Waals surface area (Å²) < 4.78 is 1.54. The van der Waals surface area contributed by atoms with Gasteiger partial charge in [-0.25, -0.2) is 4.52 Å². The summed E-state index contributed by atoms with van der Waals surface area (Å²) in [5.74, 6) is -1.20. The second-order valence-electron chi connectivity index (χ2n) is 3.46. The van der Waals surface area contributed by atoms with Crippen molar-refractivity contribution in [3.05, 3.63) is 23.9 Å². The molecule has 0 aliphatic rings. The summed E-state index contributed by atoms with van der Waals surface area (Å²) in [4.78, 5) is 10.7. The van der Waals surface area contributed by atoms with Crippen molar-refractivity contribution in [3.63, 3.8) is 0 Å². The zero-order valence-electron chi connectivity index (χ0n) is 8.16. The highest BCUT2D eigenvalue weighted by Gasteiger charge is 2.12. The third kappa shape index (κ3) is 1.93. The molecule has 0 fully saturated rings. The van der Waals surface area contributed by atoms with Gasteiger partial charge >= 0.3 is 5.97 Å². The number of tetrazole rings is 1. The lowest BCUT2D eigenvalue weighted by molar-refractivity contribution is -0.141. The van der Waals surface area contributed by atoms with E-state index in [4.69, 9.17) is 5.11 Å². The van der Waals surface area contributed by atoms with Crippen LogP contribution in [0.1, 0.15) is 12.5 Å². The SMILES string of the molecule is CC(Cc1ccn2nnnc2c1)C(=O)O. The predicted molar refractivity (Wildman–Crippen MR) is 51.3 cm³/mol. The molecule has 1 unspecified atom stereocenters. The lowest BCUT2D eigenvalue weighted by Gasteiger charge is -2.05. The molecule has 0 saturated carbocycles. The van der Waals surface area contributed by atoms with Crippen molar-refractivity contribution < 1.29 is 9.90 Å². The lowest BCUT2D eigenvalue weighted by atomic mass is 10.0. The molecule has 0 saturated heterocycles. The molecule has 2 heterocycles. The first-order valence-electron chi connectivity index (χ1n) is 4.56. The van der Waals surface area contributed by atoms with Crippen LogP contribution in [0.4, 0.5) is 0 Å². The molecule has 0 aliphatic heterocycles. The van der Waals surface area contributed by atoms with Gasteiger partial charge in [0.05, 0.1) is 5.92 Å². The molecule has 0 amide bonds. The van der Waals surface area contributed by atoms with Crippen LogP contribution < -0.4 is 0 Å². The zero-order chi connectivity index (χ0) is 10.8. The standard InChI is InChI=1S/C9H10N4O2/c1-6(9(14)15)4-7-2-3-13-8(5-7)10-11-12-13/h2-3,5-6H,4H2,1H3,(H,14,15). The van der Waals surface area contributed by atoms with Gasteiger partial charge in [-0.2, -0.15) is 0 Å². The first-order chi connectivity index (χ1) is 7.16. The molecule has 0 aliphatic carbocycles. The highest BCUT2D eigenvalue weighted by Crippen LogP contribution is 2.09. The third-order valence-corrected chi connectivity index (χ3v) is 2.23. The zero-order valence-corrected chi connectivity index (χ0v) is 8.16. The van der Waals surface area contributed by atoms with Gasteiger partial charge in [-0.15, -0.1) is 5.10 Å². The first kappa shape index (κ1) is 9.57. The minimum Gasteiger partial charge on any atom is -0.481 e. The molecule has 2 aromatic heterocycles. The molecule has 78 valence electrons. The van der Waals surface area contributed by atoms with Crippen LogP contribution in [0.25, 0.3) is 5.65 Å². The van der Waals surface area contributed by atoms with Crippen molar-refractivity contribution in [2.75, 3.05) is 0 Å². The van der Waals surface area contributed by atoms with Crippen LogP contribution in [0.5, 0.6) is 0 Å². The number of nitrogens with zero attached hydrogens (tertiary/aromatic N) is 4. The van der Waals surface area contributed by atoms with Gasteiger partial charge in [0.15, 0.2) is 5.65 Å². The molecule has 6 heteroatoms. The number of aromatic nitrogens is 4. The molecule has 2 aromatic rings. The van der Waals surface area contributed by atoms with Crippen LogP contribution in [0.3, 0.4) is 0 Å². The van der Waals surface area contributed by atoms with Gasteiger partial charge < -0.3 is 5.11 Å². The second kappa shape index (κ2) is 3.64. The molecule has 0 bridgehead atoms. The average Bonchev–Trinajstić information content (AvgIpc) is 2.64. The van der Waals surface area contributed by atoms with Gasteiger partial charge in [-0.1, -0.05) is 6.92 Å². The van der Waals surface area contributed by atoms with E-state index in [1.807, 2.05) is 6.07 Å². The highest BCUT2D eigenvalue weighted by molar-refractivity contribution is 5.69. The van der Waals surface area contributed by atoms with E-state index in [0.29, 0.717) is 12.1 Å². The summed E-state index contributed by atoms with van der Waals surface area (Å²) in [5, 5.41) is 19.8. The Bertz CT molecular complexity index is 494. The number of carboxylic acid groups (broad SMARTS) is 1. The quantitative estimate of drug-likeness (QED) is 0.785. The number of fused-ring (bicyclic) bond motifs is 1. The molecule has 1 atom stereocenters. The van der Waals surface area contributed by atoms with Crippen molar-refractivity contribution in [2.45, 2.75) is 13.3 Å². The Morgan fingerprint density at radius 2 is 2.47 bits per heavy atom. The molecule has 6 nitrogen and oxygen atoms in total. The fraction of sp³-hybridized carbons (Fsp3) is 0.333. The molecule has 15 heavy (non-hydrogen) atoms. The second-order valence-corrected chi connectivity index (χ2v) is 3.46. The molecular formula is C9H10N4O2. The Balaban J connectivity index is 2.24. The summed E-state index contributed by atoms with van der Waals surface area (Å²) in [6.45, 7) is 1.68. The maximum Gasteiger partial charge on any atom is 0.306 e. The van der Waals surface area contributed by atoms with Crippen LogP contribution in [0, 0.1) is 5.92 Å². The van der Waals surface area contributed by atoms with E-state index in [-0.39, 0.29) is 0 Å². The number of aliphatic carboxylic acids is 1. The Labute approximate surface area is 85.5 Å². The molecule has 0 spiro atoms. The number of carbonyl (C=O) groups is 1. The molecule has 0 radical (unpaired) electrons. The van der Waals surface area contributed by atoms with Gasteiger partial charge in [-0.3, -0.25) is 4.79 Å². The van der Waals surface area contributed by atoms with E-state index in [1.54, 1.807) is 19.2 Å². The topological polar surface area (TPSA) is 80.4 Å². The van der Waals surface area contributed by atoms with Crippen LogP contribution >= 0.6 is 0 Å². The third-order valence-electron chi connectivity index (χ3n) is 2.23. The summed E-state index contributed by atoms with van der Waals surface area (Å²) >= 11 is 0. The minimum absolute atomic E-state index is 0.400. The van der Waals surface area contributed by atoms with E-state index in [2.05, 4.69) is 15.5 Å². The summed E-state index contributed by atoms with van der Waals surface area (Å²) in [6.07, 6.45) is 2.21. The van der Waals surface area contributed by atoms with Crippen LogP contribution in [0.2, 0.25) is 0 Å². The number of rotatable bonds is 3. The maximum absolute atomic E-state index is 10.7. The van der Waals surface area contributed by atoms with Crippen molar-refractivity contribution in [1.82, 2.24) is 20.0 Å². The average molecular weight is 206 g/mol. The number of hydrogen-bond donors (Lipinski definition) is 1. The number of carboxylic acids is 1. The van der Waals surface area contributed by atoms with E-state index in [9.17, 15) is 4.79 Å². The molecular weight excluding hydrogens is 196 g/mol. The Hall–Kier alpha value is -1.98. The van der Waals surface area contributed by atoms with E-state index < -0.39 is 11.9 Å². The normalized spacial score (nSPS) is 12.9. The van der Waals surface area contributed by atoms with Crippen LogP contribution in [-0.4, -0.2) is 31.1 Å². The predicted octanol–water partition coefficient (Wildman–Crippen LogP) is 0.387. The van der Waals surface area contributed by atoms with E-state index >= 15 is 0 Å². The largest absolute Gasteiger partial charge is 0.481 e. The maximum atomic E-state index is 10.7. The van der Waals surface area contributed by atoms with Gasteiger partial charge in [0.1, 0.15) is 0 Å². The van der Waals surface area contributed by atoms with Crippen molar-refractivity contribution in [3.8, 4) is 0 Å². The summed E-state index contributed by atoms with van der Waals surface area (Å²) in [6, 6.07) is 3.61. The van der Waals surface area contributed by atoms with Gasteiger partial charge in [0.25, 0.3) is 0 Å². The first-order valence-corrected chi connectivity index (χ1v) is 4.56. The fourth-order valence-electron chi connectivity index (χ4n) is 1.35. The lowest BCUT2D eigenvalue weighted by Crippen LogP contribution is -2.12. The monoisotopic (exact) mass is 206 g/mol. The number of hydrogen-bond acceptors (Lipinski definition) is 4. The van der Waals surface area contributed by atoms with Crippen LogP contribution in [0.15, 0.2) is 18.3 Å². The van der Waals surface area contributed by atoms with Gasteiger partial charge in [-0.05, 0) is 34.5 Å². The van der Waals surface area contributed by atoms with E-state index in [1.165, 1.54) is 4.52 Å². The van der Waals surface area contributed by atoms with Crippen molar-refractivity contribution in [1.29, 1.82) is 0 Å². The summed E-state index contributed by atoms with van der Waals surface area (Å²) in [7, 11) is 0. The minimum atomic E-state index is -0.797.